The van der Waals surface area contributed by atoms with E-state index in [-0.39, 0.29) is 0 Å². The van der Waals surface area contributed by atoms with Crippen LogP contribution in [0.3, 0.4) is 0 Å². The van der Waals surface area contributed by atoms with Crippen LogP contribution in [0.4, 0.5) is 0 Å². The maximum Gasteiger partial charge on any atom is 0.336 e. The number of carboxylic acids is 1. The summed E-state index contributed by atoms with van der Waals surface area (Å²) in [4.78, 5) is 15.5. The summed E-state index contributed by atoms with van der Waals surface area (Å²) in [5.41, 5.74) is 3.96. The Morgan fingerprint density at radius 2 is 2.12 bits per heavy atom. The predicted molar refractivity (Wildman–Crippen MR) is 99.9 cm³/mol. The van der Waals surface area contributed by atoms with Crippen molar-refractivity contribution < 1.29 is 14.6 Å². The van der Waals surface area contributed by atoms with Gasteiger partial charge in [-0.05, 0) is 85.6 Å². The third kappa shape index (κ3) is 3.74. The molecule has 1 aromatic carbocycles. The van der Waals surface area contributed by atoms with E-state index < -0.39 is 5.97 Å². The number of aryl methyl sites for hydroxylation is 1. The molecular weight excluding hydrogens is 326 g/mol. The Labute approximate surface area is 154 Å². The van der Waals surface area contributed by atoms with Crippen molar-refractivity contribution in [3.8, 4) is 5.75 Å². The highest BCUT2D eigenvalue weighted by atomic mass is 16.5. The van der Waals surface area contributed by atoms with Gasteiger partial charge in [-0.25, -0.2) is 4.79 Å². The van der Waals surface area contributed by atoms with Crippen LogP contribution in [-0.4, -0.2) is 22.7 Å². The minimum atomic E-state index is -0.873. The summed E-state index contributed by atoms with van der Waals surface area (Å²) in [6.45, 7) is 0.846. The largest absolute Gasteiger partial charge is 0.493 e. The van der Waals surface area contributed by atoms with Crippen molar-refractivity contribution in [1.82, 2.24) is 4.98 Å². The first-order valence-corrected chi connectivity index (χ1v) is 9.63. The first-order chi connectivity index (χ1) is 12.7. The quantitative estimate of drug-likeness (QED) is 0.790. The van der Waals surface area contributed by atoms with Gasteiger partial charge in [0.1, 0.15) is 5.75 Å². The molecule has 26 heavy (non-hydrogen) atoms. The molecule has 0 radical (unpaired) electrons. The van der Waals surface area contributed by atoms with E-state index in [1.165, 1.54) is 30.4 Å². The SMILES string of the molecule is O=C(O)c1ccncc1CCC1CCCc2c(OCC3CC3)cccc21. The van der Waals surface area contributed by atoms with Gasteiger partial charge in [-0.3, -0.25) is 4.98 Å². The lowest BCUT2D eigenvalue weighted by atomic mass is 9.79. The third-order valence-corrected chi connectivity index (χ3v) is 5.66. The minimum absolute atomic E-state index is 0.373. The molecule has 2 aliphatic carbocycles. The Balaban J connectivity index is 1.49. The van der Waals surface area contributed by atoms with Crippen molar-refractivity contribution in [3.05, 3.63) is 58.9 Å². The van der Waals surface area contributed by atoms with E-state index in [1.54, 1.807) is 18.5 Å². The van der Waals surface area contributed by atoms with Crippen LogP contribution in [0.5, 0.6) is 5.75 Å². The van der Waals surface area contributed by atoms with Gasteiger partial charge in [-0.2, -0.15) is 0 Å². The molecule has 4 heteroatoms. The molecular formula is C22H25NO3. The normalized spacial score (nSPS) is 19.0. The number of ether oxygens (including phenoxy) is 1. The monoisotopic (exact) mass is 351 g/mol. The number of hydrogen-bond acceptors (Lipinski definition) is 3. The zero-order valence-corrected chi connectivity index (χ0v) is 15.0. The van der Waals surface area contributed by atoms with Crippen molar-refractivity contribution in [3.63, 3.8) is 0 Å². The summed E-state index contributed by atoms with van der Waals surface area (Å²) < 4.78 is 6.10. The van der Waals surface area contributed by atoms with Gasteiger partial charge < -0.3 is 9.84 Å². The average Bonchev–Trinajstić information content (AvgIpc) is 3.49. The molecule has 1 N–H and O–H groups in total. The summed E-state index contributed by atoms with van der Waals surface area (Å²) in [7, 11) is 0. The van der Waals surface area contributed by atoms with Crippen molar-refractivity contribution >= 4 is 5.97 Å². The molecule has 0 spiro atoms. The average molecular weight is 351 g/mol. The second-order valence-electron chi connectivity index (χ2n) is 7.54. The zero-order chi connectivity index (χ0) is 17.9. The fourth-order valence-electron chi connectivity index (χ4n) is 4.01. The van der Waals surface area contributed by atoms with E-state index in [0.717, 1.165) is 49.5 Å². The van der Waals surface area contributed by atoms with Crippen LogP contribution in [-0.2, 0) is 12.8 Å². The molecule has 4 nitrogen and oxygen atoms in total. The van der Waals surface area contributed by atoms with E-state index >= 15 is 0 Å². The molecule has 4 rings (SSSR count). The van der Waals surface area contributed by atoms with Crippen LogP contribution in [0.2, 0.25) is 0 Å². The number of rotatable bonds is 7. The number of carbonyl (C=O) groups is 1. The Hall–Kier alpha value is -2.36. The molecule has 0 aliphatic heterocycles. The van der Waals surface area contributed by atoms with E-state index in [1.807, 2.05) is 0 Å². The minimum Gasteiger partial charge on any atom is -0.493 e. The number of fused-ring (bicyclic) bond motifs is 1. The summed E-state index contributed by atoms with van der Waals surface area (Å²) in [6.07, 6.45) is 10.9. The maximum atomic E-state index is 11.4. The molecule has 136 valence electrons. The zero-order valence-electron chi connectivity index (χ0n) is 15.0. The summed E-state index contributed by atoms with van der Waals surface area (Å²) in [6, 6.07) is 8.03. The smallest absolute Gasteiger partial charge is 0.336 e. The third-order valence-electron chi connectivity index (χ3n) is 5.66. The Morgan fingerprint density at radius 3 is 2.92 bits per heavy atom. The lowest BCUT2D eigenvalue weighted by molar-refractivity contribution is 0.0695. The van der Waals surface area contributed by atoms with Gasteiger partial charge in [0.25, 0.3) is 0 Å². The van der Waals surface area contributed by atoms with Gasteiger partial charge in [-0.1, -0.05) is 12.1 Å². The van der Waals surface area contributed by atoms with E-state index in [4.69, 9.17) is 4.74 Å². The van der Waals surface area contributed by atoms with Gasteiger partial charge in [0, 0.05) is 12.4 Å². The number of benzene rings is 1. The van der Waals surface area contributed by atoms with Crippen LogP contribution in [0.1, 0.15) is 65.1 Å². The summed E-state index contributed by atoms with van der Waals surface area (Å²) in [5, 5.41) is 9.36. The van der Waals surface area contributed by atoms with E-state index in [0.29, 0.717) is 11.5 Å². The van der Waals surface area contributed by atoms with Gasteiger partial charge in [0.15, 0.2) is 0 Å². The number of hydrogen-bond donors (Lipinski definition) is 1. The molecule has 0 amide bonds. The molecule has 1 atom stereocenters. The molecule has 0 saturated heterocycles. The Kier molecular flexibility index (Phi) is 4.91. The molecule has 1 unspecified atom stereocenters. The second kappa shape index (κ2) is 7.48. The number of aromatic carboxylic acids is 1. The van der Waals surface area contributed by atoms with E-state index in [9.17, 15) is 9.90 Å². The highest BCUT2D eigenvalue weighted by Gasteiger charge is 2.26. The highest BCUT2D eigenvalue weighted by Crippen LogP contribution is 2.40. The molecule has 2 aliphatic rings. The van der Waals surface area contributed by atoms with Crippen molar-refractivity contribution in [1.29, 1.82) is 0 Å². The Morgan fingerprint density at radius 1 is 1.23 bits per heavy atom. The van der Waals surface area contributed by atoms with Crippen LogP contribution < -0.4 is 4.74 Å². The maximum absolute atomic E-state index is 11.4. The highest BCUT2D eigenvalue weighted by molar-refractivity contribution is 5.89. The van der Waals surface area contributed by atoms with Crippen molar-refractivity contribution in [2.75, 3.05) is 6.61 Å². The summed E-state index contributed by atoms with van der Waals surface area (Å²) >= 11 is 0. The van der Waals surface area contributed by atoms with Gasteiger partial charge >= 0.3 is 5.97 Å². The van der Waals surface area contributed by atoms with Crippen molar-refractivity contribution in [2.45, 2.75) is 50.9 Å². The second-order valence-corrected chi connectivity index (χ2v) is 7.54. The number of aromatic nitrogens is 1. The Bertz CT molecular complexity index is 798. The topological polar surface area (TPSA) is 59.4 Å². The predicted octanol–water partition coefficient (Wildman–Crippen LogP) is 4.62. The molecule has 1 heterocycles. The lowest BCUT2D eigenvalue weighted by Gasteiger charge is -2.27. The van der Waals surface area contributed by atoms with Gasteiger partial charge in [-0.15, -0.1) is 0 Å². The fourth-order valence-corrected chi connectivity index (χ4v) is 4.01. The van der Waals surface area contributed by atoms with Crippen LogP contribution in [0.15, 0.2) is 36.7 Å². The number of carboxylic acid groups (broad SMARTS) is 1. The number of pyridine rings is 1. The molecule has 2 aromatic rings. The van der Waals surface area contributed by atoms with Gasteiger partial charge in [0.2, 0.25) is 0 Å². The van der Waals surface area contributed by atoms with Crippen LogP contribution >= 0.6 is 0 Å². The molecule has 0 bridgehead atoms. The van der Waals surface area contributed by atoms with Crippen molar-refractivity contribution in [2.24, 2.45) is 5.92 Å². The fraction of sp³-hybridized carbons (Fsp3) is 0.455. The standard InChI is InChI=1S/C22H25NO3/c24-22(25)19-11-12-23-13-17(19)10-9-16-3-1-5-20-18(16)4-2-6-21(20)26-14-15-7-8-15/h2,4,6,11-13,15-16H,1,3,5,7-10,14H2,(H,24,25). The molecule has 1 aromatic heterocycles. The summed E-state index contributed by atoms with van der Waals surface area (Å²) in [5.74, 6) is 1.41. The van der Waals surface area contributed by atoms with Crippen LogP contribution in [0, 0.1) is 5.92 Å². The number of nitrogens with zero attached hydrogens (tertiary/aromatic N) is 1. The van der Waals surface area contributed by atoms with Gasteiger partial charge in [0.05, 0.1) is 12.2 Å². The molecule has 1 fully saturated rings. The molecule has 1 saturated carbocycles. The van der Waals surface area contributed by atoms with E-state index in [2.05, 4.69) is 23.2 Å². The first kappa shape index (κ1) is 17.1. The van der Waals surface area contributed by atoms with Crippen LogP contribution in [0.25, 0.3) is 0 Å². The first-order valence-electron chi connectivity index (χ1n) is 9.63. The lowest BCUT2D eigenvalue weighted by Crippen LogP contribution is -2.14.